The summed E-state index contributed by atoms with van der Waals surface area (Å²) in [5, 5.41) is 3.63. The third-order valence-electron chi connectivity index (χ3n) is 4.69. The van der Waals surface area contributed by atoms with Crippen molar-refractivity contribution in [2.75, 3.05) is 19.7 Å². The van der Waals surface area contributed by atoms with E-state index < -0.39 is 0 Å². The van der Waals surface area contributed by atoms with E-state index in [4.69, 9.17) is 4.74 Å². The van der Waals surface area contributed by atoms with Crippen LogP contribution in [-0.4, -0.2) is 19.7 Å². The Kier molecular flexibility index (Phi) is 6.56. The zero-order valence-corrected chi connectivity index (χ0v) is 13.9. The van der Waals surface area contributed by atoms with Crippen LogP contribution in [0.1, 0.15) is 57.9 Å². The quantitative estimate of drug-likeness (QED) is 0.740. The highest BCUT2D eigenvalue weighted by atomic mass is 16.5. The van der Waals surface area contributed by atoms with Crippen molar-refractivity contribution in [3.8, 4) is 5.75 Å². The van der Waals surface area contributed by atoms with Crippen LogP contribution in [0.25, 0.3) is 0 Å². The zero-order valence-electron chi connectivity index (χ0n) is 13.9. The lowest BCUT2D eigenvalue weighted by atomic mass is 9.71. The molecule has 118 valence electrons. The van der Waals surface area contributed by atoms with Crippen molar-refractivity contribution in [1.29, 1.82) is 0 Å². The van der Waals surface area contributed by atoms with Gasteiger partial charge in [-0.25, -0.2) is 0 Å². The highest BCUT2D eigenvalue weighted by Crippen LogP contribution is 2.41. The molecule has 2 heteroatoms. The van der Waals surface area contributed by atoms with Gasteiger partial charge in [-0.3, -0.25) is 0 Å². The Bertz CT molecular complexity index is 418. The van der Waals surface area contributed by atoms with Gasteiger partial charge in [0.2, 0.25) is 0 Å². The van der Waals surface area contributed by atoms with Gasteiger partial charge in [0, 0.05) is 0 Å². The highest BCUT2D eigenvalue weighted by Gasteiger charge is 2.29. The zero-order chi connectivity index (χ0) is 15.1. The maximum absolute atomic E-state index is 5.68. The van der Waals surface area contributed by atoms with Crippen molar-refractivity contribution in [3.05, 3.63) is 29.8 Å². The Hall–Kier alpha value is -1.02. The van der Waals surface area contributed by atoms with E-state index in [9.17, 15) is 0 Å². The minimum atomic E-state index is 0.679. The molecule has 0 heterocycles. The van der Waals surface area contributed by atoms with E-state index >= 15 is 0 Å². The number of ether oxygens (including phenoxy) is 1. The maximum Gasteiger partial charge on any atom is 0.119 e. The molecular weight excluding hydrogens is 258 g/mol. The molecule has 1 fully saturated rings. The van der Waals surface area contributed by atoms with Gasteiger partial charge >= 0.3 is 0 Å². The fraction of sp³-hybridized carbons (Fsp3) is 0.684. The molecule has 0 aliphatic heterocycles. The molecule has 2 rings (SSSR count). The second kappa shape index (κ2) is 8.43. The number of hydrogen-bond donors (Lipinski definition) is 1. The summed E-state index contributed by atoms with van der Waals surface area (Å²) in [4.78, 5) is 0. The molecule has 0 spiro atoms. The summed E-state index contributed by atoms with van der Waals surface area (Å²) < 4.78 is 5.68. The number of nitrogens with one attached hydrogen (secondary N) is 1. The molecule has 1 N–H and O–H groups in total. The van der Waals surface area contributed by atoms with E-state index in [1.165, 1.54) is 31.2 Å². The van der Waals surface area contributed by atoms with Crippen molar-refractivity contribution in [2.24, 2.45) is 11.8 Å². The molecule has 3 atom stereocenters. The summed E-state index contributed by atoms with van der Waals surface area (Å²) in [6.45, 7) is 9.72. The average molecular weight is 289 g/mol. The number of benzene rings is 1. The largest absolute Gasteiger partial charge is 0.494 e. The third kappa shape index (κ3) is 4.74. The molecule has 1 aromatic carbocycles. The predicted molar refractivity (Wildman–Crippen MR) is 90.0 cm³/mol. The fourth-order valence-electron chi connectivity index (χ4n) is 3.56. The van der Waals surface area contributed by atoms with Gasteiger partial charge in [0.25, 0.3) is 0 Å². The normalized spacial score (nSPS) is 25.8. The summed E-state index contributed by atoms with van der Waals surface area (Å²) >= 11 is 0. The molecule has 1 saturated carbocycles. The molecule has 2 nitrogen and oxygen atoms in total. The molecule has 1 aromatic rings. The fourth-order valence-corrected chi connectivity index (χ4v) is 3.56. The van der Waals surface area contributed by atoms with Crippen molar-refractivity contribution in [2.45, 2.75) is 52.4 Å². The first-order chi connectivity index (χ1) is 10.2. The van der Waals surface area contributed by atoms with Gasteiger partial charge in [-0.1, -0.05) is 32.4 Å². The van der Waals surface area contributed by atoms with E-state index in [1.54, 1.807) is 0 Å². The summed E-state index contributed by atoms with van der Waals surface area (Å²) in [7, 11) is 0. The molecule has 0 bridgehead atoms. The number of hydrogen-bond acceptors (Lipinski definition) is 2. The summed E-state index contributed by atoms with van der Waals surface area (Å²) in [6, 6.07) is 8.77. The maximum atomic E-state index is 5.68. The lowest BCUT2D eigenvalue weighted by Crippen LogP contribution is -2.32. The van der Waals surface area contributed by atoms with Gasteiger partial charge in [0.15, 0.2) is 0 Å². The van der Waals surface area contributed by atoms with Crippen molar-refractivity contribution >= 4 is 0 Å². The molecule has 0 amide bonds. The monoisotopic (exact) mass is 289 g/mol. The minimum Gasteiger partial charge on any atom is -0.494 e. The first-order valence-electron chi connectivity index (χ1n) is 8.68. The van der Waals surface area contributed by atoms with Crippen LogP contribution < -0.4 is 10.1 Å². The Balaban J connectivity index is 2.09. The molecule has 1 aliphatic rings. The van der Waals surface area contributed by atoms with Gasteiger partial charge in [-0.2, -0.15) is 0 Å². The van der Waals surface area contributed by atoms with E-state index in [2.05, 4.69) is 43.4 Å². The van der Waals surface area contributed by atoms with E-state index in [-0.39, 0.29) is 0 Å². The molecule has 1 aliphatic carbocycles. The number of rotatable bonds is 7. The second-order valence-electron chi connectivity index (χ2n) is 6.49. The summed E-state index contributed by atoms with van der Waals surface area (Å²) in [6.07, 6.45) is 5.25. The van der Waals surface area contributed by atoms with Gasteiger partial charge in [-0.05, 0) is 74.7 Å². The molecule has 0 saturated heterocycles. The lowest BCUT2D eigenvalue weighted by Gasteiger charge is -2.35. The Morgan fingerprint density at radius 1 is 1.24 bits per heavy atom. The second-order valence-corrected chi connectivity index (χ2v) is 6.49. The summed E-state index contributed by atoms with van der Waals surface area (Å²) in [5.41, 5.74) is 1.47. The van der Waals surface area contributed by atoms with Crippen LogP contribution in [0.5, 0.6) is 5.75 Å². The smallest absolute Gasteiger partial charge is 0.119 e. The van der Waals surface area contributed by atoms with Gasteiger partial charge in [0.1, 0.15) is 5.75 Å². The van der Waals surface area contributed by atoms with Crippen LogP contribution in [0.4, 0.5) is 0 Å². The van der Waals surface area contributed by atoms with E-state index in [0.717, 1.165) is 37.3 Å². The molecule has 21 heavy (non-hydrogen) atoms. The SMILES string of the molecule is CCCNCC1CCC(C)CC1c1cccc(OCC)c1. The van der Waals surface area contributed by atoms with Crippen LogP contribution >= 0.6 is 0 Å². The summed E-state index contributed by atoms with van der Waals surface area (Å²) in [5.74, 6) is 3.31. The van der Waals surface area contributed by atoms with Crippen molar-refractivity contribution < 1.29 is 4.74 Å². The Labute approximate surface area is 130 Å². The van der Waals surface area contributed by atoms with Crippen LogP contribution in [0, 0.1) is 11.8 Å². The molecule has 3 unspecified atom stereocenters. The average Bonchev–Trinajstić information content (AvgIpc) is 2.49. The third-order valence-corrected chi connectivity index (χ3v) is 4.69. The first kappa shape index (κ1) is 16.4. The van der Waals surface area contributed by atoms with Crippen LogP contribution in [0.15, 0.2) is 24.3 Å². The standard InChI is InChI=1S/C19H31NO/c1-4-11-20-14-17-10-9-15(3)12-19(17)16-7-6-8-18(13-16)21-5-2/h6-8,13,15,17,19-20H,4-5,9-12,14H2,1-3H3. The minimum absolute atomic E-state index is 0.679. The van der Waals surface area contributed by atoms with Crippen LogP contribution in [0.3, 0.4) is 0 Å². The van der Waals surface area contributed by atoms with Crippen molar-refractivity contribution in [3.63, 3.8) is 0 Å². The van der Waals surface area contributed by atoms with E-state index in [0.29, 0.717) is 5.92 Å². The Morgan fingerprint density at radius 2 is 2.10 bits per heavy atom. The topological polar surface area (TPSA) is 21.3 Å². The van der Waals surface area contributed by atoms with Crippen LogP contribution in [0.2, 0.25) is 0 Å². The lowest BCUT2D eigenvalue weighted by molar-refractivity contribution is 0.241. The Morgan fingerprint density at radius 3 is 2.86 bits per heavy atom. The van der Waals surface area contributed by atoms with Gasteiger partial charge in [-0.15, -0.1) is 0 Å². The predicted octanol–water partition coefficient (Wildman–Crippen LogP) is 4.60. The molecule has 0 aromatic heterocycles. The first-order valence-corrected chi connectivity index (χ1v) is 8.68. The van der Waals surface area contributed by atoms with E-state index in [1.807, 2.05) is 6.92 Å². The molecule has 0 radical (unpaired) electrons. The van der Waals surface area contributed by atoms with Crippen molar-refractivity contribution in [1.82, 2.24) is 5.32 Å². The van der Waals surface area contributed by atoms with Gasteiger partial charge in [0.05, 0.1) is 6.61 Å². The van der Waals surface area contributed by atoms with Gasteiger partial charge < -0.3 is 10.1 Å². The van der Waals surface area contributed by atoms with Crippen LogP contribution in [-0.2, 0) is 0 Å². The molecular formula is C19H31NO. The highest BCUT2D eigenvalue weighted by molar-refractivity contribution is 5.31.